The molecule has 0 unspecified atom stereocenters. The van der Waals surface area contributed by atoms with Gasteiger partial charge in [-0.25, -0.2) is 0 Å². The zero-order chi connectivity index (χ0) is 13.9. The van der Waals surface area contributed by atoms with Gasteiger partial charge in [0.2, 0.25) is 0 Å². The van der Waals surface area contributed by atoms with E-state index in [1.54, 1.807) is 41.2 Å². The Balaban J connectivity index is 2.14. The van der Waals surface area contributed by atoms with Crippen LogP contribution in [0, 0.1) is 0 Å². The molecule has 0 saturated heterocycles. The van der Waals surface area contributed by atoms with Crippen LogP contribution >= 0.6 is 11.6 Å². The lowest BCUT2D eigenvalue weighted by Gasteiger charge is -2.08. The second-order valence-electron chi connectivity index (χ2n) is 4.34. The van der Waals surface area contributed by atoms with Gasteiger partial charge in [0.05, 0.1) is 5.69 Å². The summed E-state index contributed by atoms with van der Waals surface area (Å²) < 4.78 is 1.60. The summed E-state index contributed by atoms with van der Waals surface area (Å²) in [5, 5.41) is 0.671. The first kappa shape index (κ1) is 12.6. The fourth-order valence-corrected chi connectivity index (χ4v) is 2.22. The van der Waals surface area contributed by atoms with Gasteiger partial charge >= 0.3 is 0 Å². The van der Waals surface area contributed by atoms with E-state index in [0.717, 1.165) is 16.8 Å². The van der Waals surface area contributed by atoms with Crippen LogP contribution in [0.1, 0.15) is 0 Å². The Kier molecular flexibility index (Phi) is 3.35. The van der Waals surface area contributed by atoms with Gasteiger partial charge in [0, 0.05) is 29.7 Å². The summed E-state index contributed by atoms with van der Waals surface area (Å²) >= 11 is 6.01. The molecule has 0 saturated carbocycles. The quantitative estimate of drug-likeness (QED) is 0.720. The molecule has 98 valence electrons. The third kappa shape index (κ3) is 2.49. The maximum Gasteiger partial charge on any atom is 0.255 e. The van der Waals surface area contributed by atoms with E-state index in [1.807, 2.05) is 30.5 Å². The van der Waals surface area contributed by atoms with Crippen LogP contribution in [-0.4, -0.2) is 9.55 Å². The van der Waals surface area contributed by atoms with Crippen molar-refractivity contribution in [1.29, 1.82) is 0 Å². The fourth-order valence-electron chi connectivity index (χ4n) is 2.03. The largest absolute Gasteiger partial charge is 0.284 e. The van der Waals surface area contributed by atoms with E-state index in [0.29, 0.717) is 5.02 Å². The standard InChI is InChI=1S/C16H11ClN2O/c17-14-3-1-2-12(10-14)13-4-5-16(20)19(11-13)15-6-8-18-9-7-15/h1-11H. The van der Waals surface area contributed by atoms with Crippen LogP contribution in [0.4, 0.5) is 0 Å². The van der Waals surface area contributed by atoms with Gasteiger partial charge in [-0.05, 0) is 41.5 Å². The van der Waals surface area contributed by atoms with E-state index in [9.17, 15) is 4.79 Å². The highest BCUT2D eigenvalue weighted by Crippen LogP contribution is 2.22. The maximum absolute atomic E-state index is 12.0. The van der Waals surface area contributed by atoms with Gasteiger partial charge in [0.15, 0.2) is 0 Å². The van der Waals surface area contributed by atoms with Crippen molar-refractivity contribution >= 4 is 11.6 Å². The fraction of sp³-hybridized carbons (Fsp3) is 0. The Hall–Kier alpha value is -2.39. The van der Waals surface area contributed by atoms with Crippen LogP contribution in [-0.2, 0) is 0 Å². The highest BCUT2D eigenvalue weighted by molar-refractivity contribution is 6.30. The predicted molar refractivity (Wildman–Crippen MR) is 80.3 cm³/mol. The molecule has 0 atom stereocenters. The van der Waals surface area contributed by atoms with Gasteiger partial charge in [-0.15, -0.1) is 0 Å². The van der Waals surface area contributed by atoms with Crippen LogP contribution in [0.3, 0.4) is 0 Å². The van der Waals surface area contributed by atoms with Gasteiger partial charge in [-0.2, -0.15) is 0 Å². The first-order chi connectivity index (χ1) is 9.74. The molecule has 3 aromatic rings. The van der Waals surface area contributed by atoms with Crippen molar-refractivity contribution in [1.82, 2.24) is 9.55 Å². The highest BCUT2D eigenvalue weighted by Gasteiger charge is 2.03. The molecular weight excluding hydrogens is 272 g/mol. The first-order valence-corrected chi connectivity index (χ1v) is 6.51. The molecular formula is C16H11ClN2O. The summed E-state index contributed by atoms with van der Waals surface area (Å²) in [6.45, 7) is 0. The average molecular weight is 283 g/mol. The minimum absolute atomic E-state index is 0.0815. The third-order valence-electron chi connectivity index (χ3n) is 3.01. The van der Waals surface area contributed by atoms with Gasteiger partial charge < -0.3 is 0 Å². The molecule has 3 nitrogen and oxygen atoms in total. The van der Waals surface area contributed by atoms with Crippen molar-refractivity contribution < 1.29 is 0 Å². The Morgan fingerprint density at radius 2 is 1.75 bits per heavy atom. The molecule has 0 aliphatic carbocycles. The summed E-state index contributed by atoms with van der Waals surface area (Å²) in [6.07, 6.45) is 5.13. The van der Waals surface area contributed by atoms with Crippen LogP contribution in [0.15, 0.2) is 71.9 Å². The molecule has 0 radical (unpaired) electrons. The molecule has 20 heavy (non-hydrogen) atoms. The number of pyridine rings is 2. The molecule has 0 spiro atoms. The minimum atomic E-state index is -0.0815. The van der Waals surface area contributed by atoms with Crippen molar-refractivity contribution in [3.8, 4) is 16.8 Å². The van der Waals surface area contributed by atoms with Gasteiger partial charge in [0.1, 0.15) is 0 Å². The SMILES string of the molecule is O=c1ccc(-c2cccc(Cl)c2)cn1-c1ccncc1. The Bertz CT molecular complexity index is 797. The van der Waals surface area contributed by atoms with Crippen LogP contribution in [0.5, 0.6) is 0 Å². The number of benzene rings is 1. The zero-order valence-corrected chi connectivity index (χ0v) is 11.3. The second kappa shape index (κ2) is 5.31. The van der Waals surface area contributed by atoms with Crippen molar-refractivity contribution in [2.45, 2.75) is 0 Å². The Labute approximate surface area is 121 Å². The van der Waals surface area contributed by atoms with Crippen molar-refractivity contribution in [3.05, 3.63) is 82.5 Å². The number of rotatable bonds is 2. The van der Waals surface area contributed by atoms with Gasteiger partial charge in [-0.1, -0.05) is 23.7 Å². The van der Waals surface area contributed by atoms with Crippen molar-refractivity contribution in [3.63, 3.8) is 0 Å². The van der Waals surface area contributed by atoms with E-state index in [2.05, 4.69) is 4.98 Å². The lowest BCUT2D eigenvalue weighted by Crippen LogP contribution is -2.16. The summed E-state index contributed by atoms with van der Waals surface area (Å²) in [5.74, 6) is 0. The Morgan fingerprint density at radius 3 is 2.50 bits per heavy atom. The van der Waals surface area contributed by atoms with Crippen LogP contribution < -0.4 is 5.56 Å². The second-order valence-corrected chi connectivity index (χ2v) is 4.78. The van der Waals surface area contributed by atoms with E-state index in [4.69, 9.17) is 11.6 Å². The number of nitrogens with zero attached hydrogens (tertiary/aromatic N) is 2. The van der Waals surface area contributed by atoms with E-state index >= 15 is 0 Å². The molecule has 3 rings (SSSR count). The normalized spacial score (nSPS) is 10.4. The van der Waals surface area contributed by atoms with Crippen LogP contribution in [0.25, 0.3) is 16.8 Å². The smallest absolute Gasteiger partial charge is 0.255 e. The number of hydrogen-bond acceptors (Lipinski definition) is 2. The molecule has 0 aliphatic heterocycles. The van der Waals surface area contributed by atoms with Gasteiger partial charge in [-0.3, -0.25) is 14.3 Å². The lowest BCUT2D eigenvalue weighted by atomic mass is 10.1. The molecule has 2 heterocycles. The summed E-state index contributed by atoms with van der Waals surface area (Å²) in [6, 6.07) is 14.5. The monoisotopic (exact) mass is 282 g/mol. The molecule has 1 aromatic carbocycles. The molecule has 2 aromatic heterocycles. The average Bonchev–Trinajstić information content (AvgIpc) is 2.48. The van der Waals surface area contributed by atoms with Crippen molar-refractivity contribution in [2.24, 2.45) is 0 Å². The van der Waals surface area contributed by atoms with E-state index in [1.165, 1.54) is 0 Å². The lowest BCUT2D eigenvalue weighted by molar-refractivity contribution is 0.986. The van der Waals surface area contributed by atoms with Crippen LogP contribution in [0.2, 0.25) is 5.02 Å². The molecule has 0 N–H and O–H groups in total. The summed E-state index contributed by atoms with van der Waals surface area (Å²) in [5.41, 5.74) is 2.61. The topological polar surface area (TPSA) is 34.9 Å². The number of hydrogen-bond donors (Lipinski definition) is 0. The summed E-state index contributed by atoms with van der Waals surface area (Å²) in [4.78, 5) is 15.9. The van der Waals surface area contributed by atoms with Crippen molar-refractivity contribution in [2.75, 3.05) is 0 Å². The predicted octanol–water partition coefficient (Wildman–Crippen LogP) is 3.55. The molecule has 0 fully saturated rings. The zero-order valence-electron chi connectivity index (χ0n) is 10.5. The summed E-state index contributed by atoms with van der Waals surface area (Å²) in [7, 11) is 0. The molecule has 0 aliphatic rings. The van der Waals surface area contributed by atoms with Gasteiger partial charge in [0.25, 0.3) is 5.56 Å². The Morgan fingerprint density at radius 1 is 0.950 bits per heavy atom. The molecule has 0 bridgehead atoms. The first-order valence-electron chi connectivity index (χ1n) is 6.13. The maximum atomic E-state index is 12.0. The highest BCUT2D eigenvalue weighted by atomic mass is 35.5. The minimum Gasteiger partial charge on any atom is -0.284 e. The molecule has 4 heteroatoms. The van der Waals surface area contributed by atoms with E-state index in [-0.39, 0.29) is 5.56 Å². The molecule has 0 amide bonds. The van der Waals surface area contributed by atoms with E-state index < -0.39 is 0 Å². The number of aromatic nitrogens is 2. The number of halogens is 1. The third-order valence-corrected chi connectivity index (χ3v) is 3.25.